The average Bonchev–Trinajstić information content (AvgIpc) is 2.26. The van der Waals surface area contributed by atoms with Crippen molar-refractivity contribution in [3.05, 3.63) is 0 Å². The standard InChI is InChI=1S/C13H29NS/c1-6-12(4)9-14(5)10-13(7-2,8-3)11-15/h12,15H,6-11H2,1-5H3. The topological polar surface area (TPSA) is 3.24 Å². The predicted octanol–water partition coefficient (Wildman–Crippen LogP) is 3.70. The lowest BCUT2D eigenvalue weighted by Crippen LogP contribution is -2.38. The second-order valence-corrected chi connectivity index (χ2v) is 5.39. The van der Waals surface area contributed by atoms with E-state index in [1.165, 1.54) is 32.4 Å². The molecule has 1 nitrogen and oxygen atoms in total. The molecule has 0 aromatic heterocycles. The molecule has 0 N–H and O–H groups in total. The summed E-state index contributed by atoms with van der Waals surface area (Å²) >= 11 is 4.52. The minimum absolute atomic E-state index is 0.422. The summed E-state index contributed by atoms with van der Waals surface area (Å²) in [6.07, 6.45) is 3.74. The Hall–Kier alpha value is 0.310. The molecule has 0 heterocycles. The van der Waals surface area contributed by atoms with Crippen molar-refractivity contribution in [3.8, 4) is 0 Å². The first-order chi connectivity index (χ1) is 7.03. The predicted molar refractivity (Wildman–Crippen MR) is 73.8 cm³/mol. The Morgan fingerprint density at radius 2 is 1.73 bits per heavy atom. The number of rotatable bonds is 8. The molecule has 0 saturated heterocycles. The minimum Gasteiger partial charge on any atom is -0.306 e. The van der Waals surface area contributed by atoms with E-state index in [9.17, 15) is 0 Å². The van der Waals surface area contributed by atoms with E-state index in [0.29, 0.717) is 5.41 Å². The van der Waals surface area contributed by atoms with Crippen molar-refractivity contribution in [1.82, 2.24) is 4.90 Å². The third-order valence-electron chi connectivity index (χ3n) is 3.76. The van der Waals surface area contributed by atoms with Gasteiger partial charge in [0.1, 0.15) is 0 Å². The monoisotopic (exact) mass is 231 g/mol. The van der Waals surface area contributed by atoms with Gasteiger partial charge in [-0.05, 0) is 37.0 Å². The van der Waals surface area contributed by atoms with Crippen LogP contribution in [0.1, 0.15) is 47.0 Å². The Morgan fingerprint density at radius 3 is 2.07 bits per heavy atom. The van der Waals surface area contributed by atoms with Gasteiger partial charge in [-0.15, -0.1) is 0 Å². The largest absolute Gasteiger partial charge is 0.306 e. The highest BCUT2D eigenvalue weighted by Gasteiger charge is 2.26. The lowest BCUT2D eigenvalue weighted by molar-refractivity contribution is 0.168. The molecule has 92 valence electrons. The van der Waals surface area contributed by atoms with Gasteiger partial charge in [0.25, 0.3) is 0 Å². The first kappa shape index (κ1) is 15.3. The number of hydrogen-bond donors (Lipinski definition) is 1. The summed E-state index contributed by atoms with van der Waals surface area (Å²) in [5.74, 6) is 1.81. The fourth-order valence-electron chi connectivity index (χ4n) is 2.05. The van der Waals surface area contributed by atoms with Crippen molar-refractivity contribution < 1.29 is 0 Å². The van der Waals surface area contributed by atoms with E-state index in [4.69, 9.17) is 0 Å². The van der Waals surface area contributed by atoms with Gasteiger partial charge in [0.2, 0.25) is 0 Å². The quantitative estimate of drug-likeness (QED) is 0.623. The van der Waals surface area contributed by atoms with E-state index in [1.807, 2.05) is 0 Å². The first-order valence-electron chi connectivity index (χ1n) is 6.33. The van der Waals surface area contributed by atoms with Crippen LogP contribution in [-0.4, -0.2) is 30.8 Å². The second-order valence-electron chi connectivity index (χ2n) is 5.08. The Labute approximate surface area is 102 Å². The van der Waals surface area contributed by atoms with Gasteiger partial charge in [-0.2, -0.15) is 12.6 Å². The molecular weight excluding hydrogens is 202 g/mol. The number of nitrogens with zero attached hydrogens (tertiary/aromatic N) is 1. The van der Waals surface area contributed by atoms with Crippen LogP contribution < -0.4 is 0 Å². The summed E-state index contributed by atoms with van der Waals surface area (Å²) in [4.78, 5) is 2.48. The van der Waals surface area contributed by atoms with Gasteiger partial charge in [0.05, 0.1) is 0 Å². The molecular formula is C13H29NS. The molecule has 0 aliphatic rings. The van der Waals surface area contributed by atoms with Gasteiger partial charge >= 0.3 is 0 Å². The Kier molecular flexibility index (Phi) is 7.72. The van der Waals surface area contributed by atoms with Crippen LogP contribution in [0.15, 0.2) is 0 Å². The summed E-state index contributed by atoms with van der Waals surface area (Å²) < 4.78 is 0. The molecule has 0 saturated carbocycles. The molecule has 0 bridgehead atoms. The zero-order valence-corrected chi connectivity index (χ0v) is 12.1. The highest BCUT2D eigenvalue weighted by atomic mass is 32.1. The zero-order valence-electron chi connectivity index (χ0n) is 11.2. The third-order valence-corrected chi connectivity index (χ3v) is 4.43. The third kappa shape index (κ3) is 5.26. The summed E-state index contributed by atoms with van der Waals surface area (Å²) in [5.41, 5.74) is 0.422. The van der Waals surface area contributed by atoms with Crippen molar-refractivity contribution in [2.45, 2.75) is 47.0 Å². The molecule has 0 aliphatic heterocycles. The van der Waals surface area contributed by atoms with E-state index >= 15 is 0 Å². The van der Waals surface area contributed by atoms with Gasteiger partial charge in [-0.3, -0.25) is 0 Å². The van der Waals surface area contributed by atoms with Crippen molar-refractivity contribution >= 4 is 12.6 Å². The van der Waals surface area contributed by atoms with Gasteiger partial charge in [0, 0.05) is 13.1 Å². The Bertz CT molecular complexity index is 146. The molecule has 0 aliphatic carbocycles. The van der Waals surface area contributed by atoms with Crippen molar-refractivity contribution in [2.75, 3.05) is 25.9 Å². The van der Waals surface area contributed by atoms with Crippen LogP contribution in [-0.2, 0) is 0 Å². The van der Waals surface area contributed by atoms with Crippen LogP contribution in [0.4, 0.5) is 0 Å². The van der Waals surface area contributed by atoms with Crippen LogP contribution in [0, 0.1) is 11.3 Å². The first-order valence-corrected chi connectivity index (χ1v) is 6.96. The average molecular weight is 231 g/mol. The van der Waals surface area contributed by atoms with E-state index in [2.05, 4.69) is 52.3 Å². The highest BCUT2D eigenvalue weighted by Crippen LogP contribution is 2.28. The molecule has 0 spiro atoms. The van der Waals surface area contributed by atoms with Gasteiger partial charge in [-0.1, -0.05) is 34.1 Å². The molecule has 1 atom stereocenters. The van der Waals surface area contributed by atoms with E-state index in [0.717, 1.165) is 11.7 Å². The Balaban J connectivity index is 4.16. The molecule has 0 amide bonds. The lowest BCUT2D eigenvalue weighted by atomic mass is 9.84. The van der Waals surface area contributed by atoms with Crippen LogP contribution in [0.3, 0.4) is 0 Å². The minimum atomic E-state index is 0.422. The van der Waals surface area contributed by atoms with E-state index in [-0.39, 0.29) is 0 Å². The summed E-state index contributed by atoms with van der Waals surface area (Å²) in [6.45, 7) is 11.6. The molecule has 15 heavy (non-hydrogen) atoms. The van der Waals surface area contributed by atoms with Crippen LogP contribution in [0.5, 0.6) is 0 Å². The number of thiol groups is 1. The SMILES string of the molecule is CCC(C)CN(C)CC(CC)(CC)CS. The molecule has 0 radical (unpaired) electrons. The molecule has 0 rings (SSSR count). The lowest BCUT2D eigenvalue weighted by Gasteiger charge is -2.35. The van der Waals surface area contributed by atoms with Crippen LogP contribution in [0.25, 0.3) is 0 Å². The van der Waals surface area contributed by atoms with Crippen LogP contribution in [0.2, 0.25) is 0 Å². The highest BCUT2D eigenvalue weighted by molar-refractivity contribution is 7.80. The van der Waals surface area contributed by atoms with E-state index < -0.39 is 0 Å². The summed E-state index contributed by atoms with van der Waals surface area (Å²) in [5, 5.41) is 0. The normalized spacial score (nSPS) is 14.6. The second kappa shape index (κ2) is 7.56. The molecule has 0 fully saturated rings. The Morgan fingerprint density at radius 1 is 1.20 bits per heavy atom. The fourth-order valence-corrected chi connectivity index (χ4v) is 2.59. The van der Waals surface area contributed by atoms with Gasteiger partial charge < -0.3 is 4.90 Å². The molecule has 0 aromatic rings. The van der Waals surface area contributed by atoms with Gasteiger partial charge in [-0.25, -0.2) is 0 Å². The van der Waals surface area contributed by atoms with Crippen molar-refractivity contribution in [2.24, 2.45) is 11.3 Å². The summed E-state index contributed by atoms with van der Waals surface area (Å²) in [6, 6.07) is 0. The maximum absolute atomic E-state index is 4.52. The van der Waals surface area contributed by atoms with Gasteiger partial charge in [0.15, 0.2) is 0 Å². The maximum atomic E-state index is 4.52. The fraction of sp³-hybridized carbons (Fsp3) is 1.00. The molecule has 2 heteroatoms. The smallest absolute Gasteiger partial charge is 0.00426 e. The number of hydrogen-bond acceptors (Lipinski definition) is 2. The molecule has 1 unspecified atom stereocenters. The van der Waals surface area contributed by atoms with Crippen LogP contribution >= 0.6 is 12.6 Å². The maximum Gasteiger partial charge on any atom is 0.00426 e. The van der Waals surface area contributed by atoms with Crippen molar-refractivity contribution in [1.29, 1.82) is 0 Å². The van der Waals surface area contributed by atoms with Crippen molar-refractivity contribution in [3.63, 3.8) is 0 Å². The zero-order chi connectivity index (χ0) is 11.9. The summed E-state index contributed by atoms with van der Waals surface area (Å²) in [7, 11) is 2.25. The molecule has 0 aromatic carbocycles. The van der Waals surface area contributed by atoms with E-state index in [1.54, 1.807) is 0 Å².